The molecule has 0 aliphatic rings. The second-order valence-corrected chi connectivity index (χ2v) is 6.46. The number of carbonyl (C=O) groups excluding carboxylic acids is 1. The van der Waals surface area contributed by atoms with Crippen LogP contribution in [0.3, 0.4) is 0 Å². The molecule has 0 aliphatic heterocycles. The summed E-state index contributed by atoms with van der Waals surface area (Å²) >= 11 is 6.12. The number of nitrogens with zero attached hydrogens (tertiary/aromatic N) is 1. The number of rotatable bonds is 5. The van der Waals surface area contributed by atoms with Gasteiger partial charge in [0.1, 0.15) is 11.5 Å². The number of para-hydroxylation sites is 1. The van der Waals surface area contributed by atoms with Gasteiger partial charge in [0, 0.05) is 35.8 Å². The summed E-state index contributed by atoms with van der Waals surface area (Å²) in [5.41, 5.74) is 3.72. The molecular formula is C20H21ClN2O3. The molecular weight excluding hydrogens is 352 g/mol. The van der Waals surface area contributed by atoms with Crippen molar-refractivity contribution in [1.82, 2.24) is 4.57 Å². The van der Waals surface area contributed by atoms with Gasteiger partial charge in [-0.2, -0.15) is 0 Å². The van der Waals surface area contributed by atoms with Crippen LogP contribution in [0.4, 0.5) is 5.69 Å². The van der Waals surface area contributed by atoms with Crippen molar-refractivity contribution >= 4 is 34.1 Å². The van der Waals surface area contributed by atoms with Crippen LogP contribution in [-0.2, 0) is 18.3 Å². The van der Waals surface area contributed by atoms with Gasteiger partial charge in [-0.25, -0.2) is 0 Å². The Morgan fingerprint density at radius 3 is 2.54 bits per heavy atom. The first-order valence-corrected chi connectivity index (χ1v) is 8.58. The molecule has 0 spiro atoms. The van der Waals surface area contributed by atoms with E-state index in [1.54, 1.807) is 12.1 Å². The highest BCUT2D eigenvalue weighted by Crippen LogP contribution is 2.36. The van der Waals surface area contributed by atoms with Crippen molar-refractivity contribution in [2.24, 2.45) is 7.05 Å². The Balaban J connectivity index is 1.90. The third-order valence-electron chi connectivity index (χ3n) is 4.62. The van der Waals surface area contributed by atoms with Crippen molar-refractivity contribution in [3.63, 3.8) is 0 Å². The Labute approximate surface area is 157 Å². The zero-order valence-electron chi connectivity index (χ0n) is 15.2. The lowest BCUT2D eigenvalue weighted by molar-refractivity contribution is -0.115. The Kier molecular flexibility index (Phi) is 5.09. The highest BCUT2D eigenvalue weighted by atomic mass is 35.5. The zero-order valence-corrected chi connectivity index (χ0v) is 16.0. The highest BCUT2D eigenvalue weighted by Gasteiger charge is 2.17. The van der Waals surface area contributed by atoms with E-state index in [0.29, 0.717) is 22.2 Å². The number of ether oxygens (including phenoxy) is 2. The van der Waals surface area contributed by atoms with E-state index >= 15 is 0 Å². The molecule has 0 bridgehead atoms. The fraction of sp³-hybridized carbons (Fsp3) is 0.250. The SMILES string of the molecule is COc1cc(NC(=O)Cc2c(C)n(C)c3ccccc23)c(OC)cc1Cl. The molecule has 3 rings (SSSR count). The molecule has 0 saturated heterocycles. The number of amides is 1. The van der Waals surface area contributed by atoms with E-state index in [4.69, 9.17) is 21.1 Å². The first-order chi connectivity index (χ1) is 12.5. The Morgan fingerprint density at radius 1 is 1.15 bits per heavy atom. The van der Waals surface area contributed by atoms with Crippen LogP contribution in [0.2, 0.25) is 5.02 Å². The Bertz CT molecular complexity index is 979. The molecule has 136 valence electrons. The molecule has 6 heteroatoms. The molecule has 1 heterocycles. The maximum Gasteiger partial charge on any atom is 0.228 e. The predicted octanol–water partition coefficient (Wildman–Crippen LogP) is 4.34. The van der Waals surface area contributed by atoms with Crippen LogP contribution >= 0.6 is 11.6 Å². The van der Waals surface area contributed by atoms with Crippen molar-refractivity contribution in [3.8, 4) is 11.5 Å². The standard InChI is InChI=1S/C20H21ClN2O3/c1-12-14(13-7-5-6-8-17(13)23(12)2)9-20(24)22-16-11-18(25-3)15(21)10-19(16)26-4/h5-8,10-11H,9H2,1-4H3,(H,22,24). The van der Waals surface area contributed by atoms with Crippen LogP contribution in [0.5, 0.6) is 11.5 Å². The predicted molar refractivity (Wildman–Crippen MR) is 105 cm³/mol. The third kappa shape index (κ3) is 3.22. The number of aryl methyl sites for hydroxylation is 1. The summed E-state index contributed by atoms with van der Waals surface area (Å²) < 4.78 is 12.6. The number of fused-ring (bicyclic) bond motifs is 1. The van der Waals surface area contributed by atoms with E-state index in [0.717, 1.165) is 22.2 Å². The second-order valence-electron chi connectivity index (χ2n) is 6.05. The van der Waals surface area contributed by atoms with E-state index in [9.17, 15) is 4.79 Å². The Hall–Kier alpha value is -2.66. The zero-order chi connectivity index (χ0) is 18.8. The lowest BCUT2D eigenvalue weighted by atomic mass is 10.1. The molecule has 0 radical (unpaired) electrons. The number of methoxy groups -OCH3 is 2. The molecule has 0 unspecified atom stereocenters. The van der Waals surface area contributed by atoms with E-state index in [2.05, 4.69) is 16.0 Å². The van der Waals surface area contributed by atoms with Crippen LogP contribution in [-0.4, -0.2) is 24.7 Å². The summed E-state index contributed by atoms with van der Waals surface area (Å²) in [6, 6.07) is 11.4. The minimum Gasteiger partial charge on any atom is -0.495 e. The summed E-state index contributed by atoms with van der Waals surface area (Å²) in [4.78, 5) is 12.7. The van der Waals surface area contributed by atoms with Gasteiger partial charge in [0.25, 0.3) is 0 Å². The minimum atomic E-state index is -0.132. The number of halogens is 1. The minimum absolute atomic E-state index is 0.132. The van der Waals surface area contributed by atoms with Crippen LogP contribution in [0.15, 0.2) is 36.4 Å². The van der Waals surface area contributed by atoms with Crippen molar-refractivity contribution in [1.29, 1.82) is 0 Å². The van der Waals surface area contributed by atoms with Gasteiger partial charge in [-0.05, 0) is 18.6 Å². The highest BCUT2D eigenvalue weighted by molar-refractivity contribution is 6.32. The smallest absolute Gasteiger partial charge is 0.228 e. The van der Waals surface area contributed by atoms with Gasteiger partial charge in [0.05, 0.1) is 31.4 Å². The Morgan fingerprint density at radius 2 is 1.85 bits per heavy atom. The van der Waals surface area contributed by atoms with E-state index in [1.807, 2.05) is 32.2 Å². The van der Waals surface area contributed by atoms with Crippen molar-refractivity contribution in [3.05, 3.63) is 52.7 Å². The molecule has 0 saturated carbocycles. The molecule has 0 fully saturated rings. The molecule has 3 aromatic rings. The van der Waals surface area contributed by atoms with Crippen molar-refractivity contribution in [2.75, 3.05) is 19.5 Å². The lowest BCUT2D eigenvalue weighted by Crippen LogP contribution is -2.15. The first-order valence-electron chi connectivity index (χ1n) is 8.20. The summed E-state index contributed by atoms with van der Waals surface area (Å²) in [7, 11) is 5.06. The van der Waals surface area contributed by atoms with Crippen molar-refractivity contribution in [2.45, 2.75) is 13.3 Å². The monoisotopic (exact) mass is 372 g/mol. The van der Waals surface area contributed by atoms with Gasteiger partial charge in [-0.1, -0.05) is 29.8 Å². The molecule has 1 amide bonds. The summed E-state index contributed by atoms with van der Waals surface area (Å²) in [5.74, 6) is 0.829. The van der Waals surface area contributed by atoms with Gasteiger partial charge in [-0.15, -0.1) is 0 Å². The summed E-state index contributed by atoms with van der Waals surface area (Å²) in [5, 5.41) is 4.41. The van der Waals surface area contributed by atoms with Crippen LogP contribution in [0.25, 0.3) is 10.9 Å². The number of carbonyl (C=O) groups is 1. The quantitative estimate of drug-likeness (QED) is 0.724. The summed E-state index contributed by atoms with van der Waals surface area (Å²) in [6.45, 7) is 2.02. The fourth-order valence-electron chi connectivity index (χ4n) is 3.14. The van der Waals surface area contributed by atoms with Gasteiger partial charge in [0.2, 0.25) is 5.91 Å². The third-order valence-corrected chi connectivity index (χ3v) is 4.91. The topological polar surface area (TPSA) is 52.5 Å². The van der Waals surface area contributed by atoms with Crippen LogP contribution < -0.4 is 14.8 Å². The normalized spacial score (nSPS) is 10.8. The van der Waals surface area contributed by atoms with Gasteiger partial charge in [0.15, 0.2) is 0 Å². The van der Waals surface area contributed by atoms with E-state index in [-0.39, 0.29) is 12.3 Å². The molecule has 0 aliphatic carbocycles. The molecule has 1 aromatic heterocycles. The first kappa shape index (κ1) is 18.1. The largest absolute Gasteiger partial charge is 0.495 e. The van der Waals surface area contributed by atoms with Crippen LogP contribution in [0.1, 0.15) is 11.3 Å². The number of nitrogens with one attached hydrogen (secondary N) is 1. The van der Waals surface area contributed by atoms with E-state index < -0.39 is 0 Å². The molecule has 2 aromatic carbocycles. The van der Waals surface area contributed by atoms with Crippen LogP contribution in [0, 0.1) is 6.92 Å². The maximum absolute atomic E-state index is 12.7. The number of anilines is 1. The lowest BCUT2D eigenvalue weighted by Gasteiger charge is -2.13. The fourth-order valence-corrected chi connectivity index (χ4v) is 3.37. The average molecular weight is 373 g/mol. The van der Waals surface area contributed by atoms with Gasteiger partial charge in [-0.3, -0.25) is 4.79 Å². The second kappa shape index (κ2) is 7.30. The number of benzene rings is 2. The molecule has 5 nitrogen and oxygen atoms in total. The number of aromatic nitrogens is 1. The van der Waals surface area contributed by atoms with E-state index in [1.165, 1.54) is 14.2 Å². The maximum atomic E-state index is 12.7. The van der Waals surface area contributed by atoms with Gasteiger partial charge < -0.3 is 19.4 Å². The number of hydrogen-bond donors (Lipinski definition) is 1. The number of hydrogen-bond acceptors (Lipinski definition) is 3. The molecule has 0 atom stereocenters. The molecule has 1 N–H and O–H groups in total. The average Bonchev–Trinajstić information content (AvgIpc) is 2.88. The van der Waals surface area contributed by atoms with Gasteiger partial charge >= 0.3 is 0 Å². The van der Waals surface area contributed by atoms with Crippen molar-refractivity contribution < 1.29 is 14.3 Å². The molecule has 26 heavy (non-hydrogen) atoms. The summed E-state index contributed by atoms with van der Waals surface area (Å²) in [6.07, 6.45) is 0.265.